The normalized spacial score (nSPS) is 15.5. The van der Waals surface area contributed by atoms with Crippen LogP contribution in [-0.4, -0.2) is 64.4 Å². The van der Waals surface area contributed by atoms with Crippen molar-refractivity contribution in [3.63, 3.8) is 0 Å². The van der Waals surface area contributed by atoms with E-state index in [1.54, 1.807) is 0 Å². The van der Waals surface area contributed by atoms with E-state index in [1.807, 2.05) is 39.0 Å². The number of aromatic nitrogens is 4. The second-order valence-corrected chi connectivity index (χ2v) is 6.14. The fourth-order valence-electron chi connectivity index (χ4n) is 2.76. The summed E-state index contributed by atoms with van der Waals surface area (Å²) in [7, 11) is 0. The summed E-state index contributed by atoms with van der Waals surface area (Å²) in [6.07, 6.45) is 0. The Hall–Kier alpha value is -2.28. The molecule has 3 heterocycles. The molecule has 0 atom stereocenters. The van der Waals surface area contributed by atoms with Gasteiger partial charge in [0.2, 0.25) is 11.8 Å². The lowest BCUT2D eigenvalue weighted by Crippen LogP contribution is -2.48. The van der Waals surface area contributed by atoms with Crippen LogP contribution in [0.1, 0.15) is 17.1 Å². The van der Waals surface area contributed by atoms with Gasteiger partial charge in [-0.15, -0.1) is 5.10 Å². The summed E-state index contributed by atoms with van der Waals surface area (Å²) in [6.45, 7) is 11.3. The number of aryl methyl sites for hydroxylation is 3. The van der Waals surface area contributed by atoms with Crippen molar-refractivity contribution in [1.29, 1.82) is 0 Å². The van der Waals surface area contributed by atoms with Crippen LogP contribution in [0.2, 0.25) is 0 Å². The van der Waals surface area contributed by atoms with Gasteiger partial charge in [-0.25, -0.2) is 9.97 Å². The van der Waals surface area contributed by atoms with Gasteiger partial charge in [0.1, 0.15) is 6.61 Å². The van der Waals surface area contributed by atoms with E-state index in [0.29, 0.717) is 12.5 Å². The summed E-state index contributed by atoms with van der Waals surface area (Å²) in [4.78, 5) is 13.7. The molecule has 0 saturated carbocycles. The lowest BCUT2D eigenvalue weighted by atomic mass is 10.3. The number of ether oxygens (including phenoxy) is 1. The summed E-state index contributed by atoms with van der Waals surface area (Å²) < 4.78 is 5.65. The summed E-state index contributed by atoms with van der Waals surface area (Å²) >= 11 is 0. The minimum Gasteiger partial charge on any atom is -0.475 e. The summed E-state index contributed by atoms with van der Waals surface area (Å²) in [5.41, 5.74) is 2.94. The van der Waals surface area contributed by atoms with Gasteiger partial charge < -0.3 is 9.64 Å². The topological polar surface area (TPSA) is 67.3 Å². The van der Waals surface area contributed by atoms with Crippen molar-refractivity contribution < 1.29 is 4.74 Å². The molecule has 128 valence electrons. The second kappa shape index (κ2) is 7.53. The highest BCUT2D eigenvalue weighted by Crippen LogP contribution is 2.13. The van der Waals surface area contributed by atoms with Crippen molar-refractivity contribution in [3.8, 4) is 5.88 Å². The fraction of sp³-hybridized carbons (Fsp3) is 0.529. The van der Waals surface area contributed by atoms with Crippen LogP contribution in [0, 0.1) is 20.8 Å². The van der Waals surface area contributed by atoms with E-state index in [0.717, 1.165) is 55.8 Å². The zero-order valence-electron chi connectivity index (χ0n) is 14.6. The first-order valence-corrected chi connectivity index (χ1v) is 8.33. The number of piperazine rings is 1. The van der Waals surface area contributed by atoms with Crippen LogP contribution in [0.25, 0.3) is 0 Å². The Kier molecular flexibility index (Phi) is 5.20. The molecule has 2 aromatic heterocycles. The van der Waals surface area contributed by atoms with E-state index in [-0.39, 0.29) is 0 Å². The van der Waals surface area contributed by atoms with Gasteiger partial charge in [0.05, 0.1) is 5.69 Å². The predicted octanol–water partition coefficient (Wildman–Crippen LogP) is 1.39. The molecule has 7 nitrogen and oxygen atoms in total. The van der Waals surface area contributed by atoms with Gasteiger partial charge in [-0.3, -0.25) is 4.90 Å². The first kappa shape index (κ1) is 16.6. The van der Waals surface area contributed by atoms with Crippen LogP contribution in [0.5, 0.6) is 5.88 Å². The molecule has 3 rings (SSSR count). The summed E-state index contributed by atoms with van der Waals surface area (Å²) in [6, 6.07) is 5.77. The highest BCUT2D eigenvalue weighted by molar-refractivity contribution is 5.32. The maximum Gasteiger partial charge on any atom is 0.233 e. The molecule has 7 heteroatoms. The molecule has 0 aromatic carbocycles. The fourth-order valence-corrected chi connectivity index (χ4v) is 2.76. The summed E-state index contributed by atoms with van der Waals surface area (Å²) in [5, 5.41) is 8.01. The van der Waals surface area contributed by atoms with Crippen molar-refractivity contribution in [1.82, 2.24) is 25.1 Å². The first-order chi connectivity index (χ1) is 11.6. The standard InChI is InChI=1S/C17H24N6O/c1-13-4-5-16(21-20-13)24-11-10-22-6-8-23(9-7-22)17-18-14(2)12-15(3)19-17/h4-5,12H,6-11H2,1-3H3. The Balaban J connectivity index is 1.44. The van der Waals surface area contributed by atoms with Crippen molar-refractivity contribution in [2.45, 2.75) is 20.8 Å². The Morgan fingerprint density at radius 1 is 0.917 bits per heavy atom. The molecule has 0 aliphatic carbocycles. The minimum absolute atomic E-state index is 0.586. The van der Waals surface area contributed by atoms with Gasteiger partial charge in [-0.05, 0) is 32.9 Å². The average Bonchev–Trinajstić information content (AvgIpc) is 2.56. The highest BCUT2D eigenvalue weighted by atomic mass is 16.5. The van der Waals surface area contributed by atoms with Crippen LogP contribution in [-0.2, 0) is 0 Å². The SMILES string of the molecule is Cc1ccc(OCCN2CCN(c3nc(C)cc(C)n3)CC2)nn1. The van der Waals surface area contributed by atoms with E-state index < -0.39 is 0 Å². The van der Waals surface area contributed by atoms with Crippen molar-refractivity contribution in [3.05, 3.63) is 35.3 Å². The zero-order chi connectivity index (χ0) is 16.9. The molecular formula is C17H24N6O. The van der Waals surface area contributed by atoms with E-state index in [4.69, 9.17) is 4.74 Å². The van der Waals surface area contributed by atoms with E-state index in [1.165, 1.54) is 0 Å². The van der Waals surface area contributed by atoms with Gasteiger partial charge in [0.15, 0.2) is 0 Å². The molecule has 1 saturated heterocycles. The molecule has 0 unspecified atom stereocenters. The quantitative estimate of drug-likeness (QED) is 0.821. The zero-order valence-corrected chi connectivity index (χ0v) is 14.6. The third kappa shape index (κ3) is 4.38. The number of anilines is 1. The molecule has 24 heavy (non-hydrogen) atoms. The molecule has 1 aliphatic rings. The maximum atomic E-state index is 5.65. The lowest BCUT2D eigenvalue weighted by molar-refractivity contribution is 0.195. The Labute approximate surface area is 142 Å². The van der Waals surface area contributed by atoms with Gasteiger partial charge in [-0.2, -0.15) is 5.10 Å². The van der Waals surface area contributed by atoms with Crippen LogP contribution < -0.4 is 9.64 Å². The average molecular weight is 328 g/mol. The van der Waals surface area contributed by atoms with Crippen LogP contribution in [0.3, 0.4) is 0 Å². The molecule has 0 amide bonds. The molecule has 0 radical (unpaired) electrons. The number of hydrogen-bond acceptors (Lipinski definition) is 7. The third-order valence-electron chi connectivity index (χ3n) is 4.06. The maximum absolute atomic E-state index is 5.65. The number of hydrogen-bond donors (Lipinski definition) is 0. The molecule has 2 aromatic rings. The molecule has 0 N–H and O–H groups in total. The lowest BCUT2D eigenvalue weighted by Gasteiger charge is -2.34. The van der Waals surface area contributed by atoms with Gasteiger partial charge >= 0.3 is 0 Å². The molecule has 1 aliphatic heterocycles. The molecule has 0 bridgehead atoms. The van der Waals surface area contributed by atoms with E-state index in [2.05, 4.69) is 30.0 Å². The molecular weight excluding hydrogens is 304 g/mol. The second-order valence-electron chi connectivity index (χ2n) is 6.14. The predicted molar refractivity (Wildman–Crippen MR) is 92.4 cm³/mol. The van der Waals surface area contributed by atoms with Crippen LogP contribution in [0.4, 0.5) is 5.95 Å². The number of nitrogens with zero attached hydrogens (tertiary/aromatic N) is 6. The monoisotopic (exact) mass is 328 g/mol. The Morgan fingerprint density at radius 3 is 2.25 bits per heavy atom. The van der Waals surface area contributed by atoms with E-state index in [9.17, 15) is 0 Å². The number of rotatable bonds is 5. The van der Waals surface area contributed by atoms with Gasteiger partial charge in [-0.1, -0.05) is 0 Å². The minimum atomic E-state index is 0.586. The van der Waals surface area contributed by atoms with Gasteiger partial charge in [0, 0.05) is 50.2 Å². The van der Waals surface area contributed by atoms with E-state index >= 15 is 0 Å². The van der Waals surface area contributed by atoms with Crippen LogP contribution >= 0.6 is 0 Å². The third-order valence-corrected chi connectivity index (χ3v) is 4.06. The first-order valence-electron chi connectivity index (χ1n) is 8.33. The van der Waals surface area contributed by atoms with Gasteiger partial charge in [0.25, 0.3) is 0 Å². The Morgan fingerprint density at radius 2 is 1.62 bits per heavy atom. The molecule has 1 fully saturated rings. The van der Waals surface area contributed by atoms with Crippen molar-refractivity contribution >= 4 is 5.95 Å². The van der Waals surface area contributed by atoms with Crippen molar-refractivity contribution in [2.75, 3.05) is 44.2 Å². The Bertz CT molecular complexity index is 647. The van der Waals surface area contributed by atoms with Crippen LogP contribution in [0.15, 0.2) is 18.2 Å². The highest BCUT2D eigenvalue weighted by Gasteiger charge is 2.19. The smallest absolute Gasteiger partial charge is 0.233 e. The largest absolute Gasteiger partial charge is 0.475 e. The summed E-state index contributed by atoms with van der Waals surface area (Å²) in [5.74, 6) is 1.43. The molecule has 0 spiro atoms. The van der Waals surface area contributed by atoms with Crippen molar-refractivity contribution in [2.24, 2.45) is 0 Å².